The van der Waals surface area contributed by atoms with Crippen LogP contribution in [0.5, 0.6) is 5.75 Å². The van der Waals surface area contributed by atoms with E-state index in [1.807, 2.05) is 32.2 Å². The van der Waals surface area contributed by atoms with Crippen LogP contribution in [0.3, 0.4) is 0 Å². The Hall–Kier alpha value is -2.21. The summed E-state index contributed by atoms with van der Waals surface area (Å²) in [6.45, 7) is 4.45. The summed E-state index contributed by atoms with van der Waals surface area (Å²) in [6.07, 6.45) is 7.61. The molecule has 2 aliphatic carbocycles. The molecule has 1 unspecified atom stereocenters. The number of ether oxygens (including phenoxy) is 2. The molecule has 1 fully saturated rings. The molecule has 246 valence electrons. The predicted octanol–water partition coefficient (Wildman–Crippen LogP) is 5.43. The maximum absolute atomic E-state index is 14.0. The topological polar surface area (TPSA) is 112 Å². The third-order valence-electron chi connectivity index (χ3n) is 10.3. The van der Waals surface area contributed by atoms with Crippen LogP contribution < -0.4 is 19.7 Å². The number of hydrogen-bond donors (Lipinski definition) is 3. The van der Waals surface area contributed by atoms with Crippen LogP contribution in [0.4, 0.5) is 5.69 Å². The molecule has 3 N–H and O–H groups in total. The molecular formula is C34H47ClN4O5S. The van der Waals surface area contributed by atoms with Gasteiger partial charge in [0.15, 0.2) is 6.35 Å². The highest BCUT2D eigenvalue weighted by molar-refractivity contribution is 7.92. The fourth-order valence-corrected chi connectivity index (χ4v) is 9.75. The van der Waals surface area contributed by atoms with Crippen LogP contribution in [-0.2, 0) is 26.5 Å². The van der Waals surface area contributed by atoms with Gasteiger partial charge in [0.1, 0.15) is 15.7 Å². The summed E-state index contributed by atoms with van der Waals surface area (Å²) in [7, 11) is -1.42. The van der Waals surface area contributed by atoms with Crippen LogP contribution in [0.15, 0.2) is 40.8 Å². The Morgan fingerprint density at radius 2 is 2.04 bits per heavy atom. The number of nitrogens with zero attached hydrogens (tertiary/aromatic N) is 2. The average molecular weight is 659 g/mol. The van der Waals surface area contributed by atoms with Crippen LogP contribution in [0.25, 0.3) is 0 Å². The number of amides is 1. The van der Waals surface area contributed by atoms with Gasteiger partial charge < -0.3 is 19.5 Å². The maximum Gasteiger partial charge on any atom is 0.286 e. The molecular weight excluding hydrogens is 612 g/mol. The highest BCUT2D eigenvalue weighted by Gasteiger charge is 2.44. The molecule has 2 aromatic carbocycles. The van der Waals surface area contributed by atoms with Gasteiger partial charge in [-0.3, -0.25) is 10.1 Å². The van der Waals surface area contributed by atoms with Gasteiger partial charge in [0.2, 0.25) is 0 Å². The second-order valence-corrected chi connectivity index (χ2v) is 15.8. The lowest BCUT2D eigenvalue weighted by Crippen LogP contribution is -2.49. The Balaban J connectivity index is 1.41. The van der Waals surface area contributed by atoms with E-state index in [0.717, 1.165) is 80.9 Å². The summed E-state index contributed by atoms with van der Waals surface area (Å²) in [4.78, 5) is 16.1. The number of anilines is 1. The zero-order valence-electron chi connectivity index (χ0n) is 26.4. The lowest BCUT2D eigenvalue weighted by Gasteiger charge is -2.46. The van der Waals surface area contributed by atoms with E-state index < -0.39 is 22.2 Å². The van der Waals surface area contributed by atoms with E-state index in [0.29, 0.717) is 37.0 Å². The van der Waals surface area contributed by atoms with Gasteiger partial charge in [-0.25, -0.2) is 4.21 Å². The predicted molar refractivity (Wildman–Crippen MR) is 178 cm³/mol. The first kappa shape index (κ1) is 32.7. The minimum Gasteiger partial charge on any atom is -0.490 e. The van der Waals surface area contributed by atoms with Gasteiger partial charge >= 0.3 is 0 Å². The zero-order chi connectivity index (χ0) is 31.6. The van der Waals surface area contributed by atoms with Crippen molar-refractivity contribution < 1.29 is 23.6 Å². The maximum atomic E-state index is 14.0. The average Bonchev–Trinajstić information content (AvgIpc) is 3.14. The second-order valence-electron chi connectivity index (χ2n) is 13.2. The molecule has 4 aliphatic rings. The zero-order valence-corrected chi connectivity index (χ0v) is 28.0. The summed E-state index contributed by atoms with van der Waals surface area (Å²) < 4.78 is 33.6. The quantitative estimate of drug-likeness (QED) is 0.368. The SMILES string of the molecule is CCNC(O)N[S@]1(=O)=NC(=O)c2ccc3c(c2)N(C[C@@H]2CC[C@H]2[C@@H](OC)CCCCC1)C[C@@]1(CCCc2cc(Cl)ccc21)CO3. The smallest absolute Gasteiger partial charge is 0.286 e. The molecule has 11 heteroatoms. The van der Waals surface area contributed by atoms with Gasteiger partial charge in [-0.05, 0) is 105 Å². The van der Waals surface area contributed by atoms with E-state index in [1.165, 1.54) is 11.1 Å². The molecule has 0 aromatic heterocycles. The molecule has 1 spiro atoms. The normalized spacial score (nSPS) is 31.1. The Morgan fingerprint density at radius 3 is 2.82 bits per heavy atom. The van der Waals surface area contributed by atoms with Crippen molar-refractivity contribution in [1.82, 2.24) is 10.0 Å². The summed E-state index contributed by atoms with van der Waals surface area (Å²) in [5.41, 5.74) is 3.60. The fourth-order valence-electron chi connectivity index (χ4n) is 7.89. The third-order valence-corrected chi connectivity index (χ3v) is 12.5. The number of halogens is 1. The lowest BCUT2D eigenvalue weighted by molar-refractivity contribution is -0.0220. The van der Waals surface area contributed by atoms with Gasteiger partial charge in [0.05, 0.1) is 18.4 Å². The van der Waals surface area contributed by atoms with Crippen molar-refractivity contribution in [3.05, 3.63) is 58.1 Å². The largest absolute Gasteiger partial charge is 0.490 e. The number of aliphatic hydroxyl groups excluding tert-OH is 1. The summed E-state index contributed by atoms with van der Waals surface area (Å²) in [6, 6.07) is 11.7. The molecule has 0 radical (unpaired) electrons. The Morgan fingerprint density at radius 1 is 1.18 bits per heavy atom. The third kappa shape index (κ3) is 7.06. The van der Waals surface area contributed by atoms with Gasteiger partial charge in [0, 0.05) is 42.0 Å². The van der Waals surface area contributed by atoms with Gasteiger partial charge in [-0.1, -0.05) is 37.4 Å². The Kier molecular flexibility index (Phi) is 10.1. The number of rotatable bonds is 5. The van der Waals surface area contributed by atoms with Crippen molar-refractivity contribution in [1.29, 1.82) is 0 Å². The minimum absolute atomic E-state index is 0.164. The number of methoxy groups -OCH3 is 1. The van der Waals surface area contributed by atoms with Crippen molar-refractivity contribution >= 4 is 33.1 Å². The molecule has 2 heterocycles. The number of aryl methyl sites for hydroxylation is 1. The molecule has 2 bridgehead atoms. The summed E-state index contributed by atoms with van der Waals surface area (Å²) in [5, 5.41) is 14.0. The van der Waals surface area contributed by atoms with E-state index in [2.05, 4.69) is 31.4 Å². The molecule has 6 atom stereocenters. The van der Waals surface area contributed by atoms with Crippen LogP contribution in [-0.4, -0.2) is 66.8 Å². The summed E-state index contributed by atoms with van der Waals surface area (Å²) >= 11 is 6.43. The van der Waals surface area contributed by atoms with E-state index in [4.69, 9.17) is 21.1 Å². The Bertz CT molecular complexity index is 1510. The van der Waals surface area contributed by atoms with Crippen molar-refractivity contribution in [2.24, 2.45) is 16.2 Å². The molecule has 2 aliphatic heterocycles. The first-order chi connectivity index (χ1) is 21.7. The van der Waals surface area contributed by atoms with Crippen LogP contribution in [0.2, 0.25) is 5.02 Å². The molecule has 0 saturated heterocycles. The number of fused-ring (bicyclic) bond motifs is 4. The van der Waals surface area contributed by atoms with E-state index in [1.54, 1.807) is 6.07 Å². The van der Waals surface area contributed by atoms with Crippen molar-refractivity contribution in [2.45, 2.75) is 82.6 Å². The Labute approximate surface area is 272 Å². The van der Waals surface area contributed by atoms with Crippen molar-refractivity contribution in [3.8, 4) is 5.75 Å². The molecule has 2 aromatic rings. The lowest BCUT2D eigenvalue weighted by atomic mass is 9.68. The molecule has 9 nitrogen and oxygen atoms in total. The van der Waals surface area contributed by atoms with Gasteiger partial charge in [-0.2, -0.15) is 4.72 Å². The van der Waals surface area contributed by atoms with Crippen molar-refractivity contribution in [3.63, 3.8) is 0 Å². The van der Waals surface area contributed by atoms with Crippen LogP contribution in [0.1, 0.15) is 79.8 Å². The van der Waals surface area contributed by atoms with Crippen molar-refractivity contribution in [2.75, 3.05) is 44.0 Å². The first-order valence-corrected chi connectivity index (χ1v) is 18.6. The number of nitrogens with one attached hydrogen (secondary N) is 2. The van der Waals surface area contributed by atoms with Gasteiger partial charge in [0.25, 0.3) is 5.91 Å². The minimum atomic E-state index is -3.24. The van der Waals surface area contributed by atoms with Crippen LogP contribution in [0, 0.1) is 11.8 Å². The number of aliphatic hydroxyl groups is 1. The molecule has 6 rings (SSSR count). The van der Waals surface area contributed by atoms with E-state index in [-0.39, 0.29) is 17.3 Å². The highest BCUT2D eigenvalue weighted by atomic mass is 35.5. The van der Waals surface area contributed by atoms with Crippen LogP contribution >= 0.6 is 11.6 Å². The summed E-state index contributed by atoms with van der Waals surface area (Å²) in [5.74, 6) is 1.27. The number of hydrogen-bond acceptors (Lipinski definition) is 7. The molecule has 1 amide bonds. The van der Waals surface area contributed by atoms with E-state index >= 15 is 0 Å². The number of carbonyl (C=O) groups is 1. The number of carbonyl (C=O) groups excluding carboxylic acids is 1. The monoisotopic (exact) mass is 658 g/mol. The fraction of sp³-hybridized carbons (Fsp3) is 0.618. The van der Waals surface area contributed by atoms with E-state index in [9.17, 15) is 14.1 Å². The highest BCUT2D eigenvalue weighted by Crippen LogP contribution is 2.47. The number of benzene rings is 2. The molecule has 45 heavy (non-hydrogen) atoms. The second kappa shape index (κ2) is 13.9. The molecule has 1 saturated carbocycles. The first-order valence-electron chi connectivity index (χ1n) is 16.5. The van der Waals surface area contributed by atoms with Gasteiger partial charge in [-0.15, -0.1) is 4.36 Å². The standard InChI is InChI=1S/C34H47ClN4O5S/c1-3-36-33(41)38-45(42)17-6-4-5-9-30(43-2)27-13-10-25(27)20-39-21-34(16-7-8-23-18-26(35)12-14-28(23)34)22-44-31-15-11-24(19-29(31)39)32(40)37-45/h11-12,14-15,18-19,25,27,30,33,36,41H,3-10,13,16-17,20-22H2,1-2H3,(H,37,38,40,42)/t25-,27+,30-,33?,34-,45+/m0/s1.